The number of rotatable bonds is 23. The Morgan fingerprint density at radius 3 is 2.41 bits per heavy atom. The fourth-order valence-corrected chi connectivity index (χ4v) is 13.8. The summed E-state index contributed by atoms with van der Waals surface area (Å²) in [5.41, 5.74) is 2.72. The summed E-state index contributed by atoms with van der Waals surface area (Å²) >= 11 is 6.95. The second-order valence-electron chi connectivity index (χ2n) is 24.8. The van der Waals surface area contributed by atoms with Crippen LogP contribution in [0.3, 0.4) is 0 Å². The minimum absolute atomic E-state index is 0.0594. The molecule has 8 rings (SSSR count). The molecule has 23 heteroatoms. The van der Waals surface area contributed by atoms with Crippen molar-refractivity contribution in [2.45, 2.75) is 173 Å². The number of carbonyl (C=O) groups excluding carboxylic acids is 4. The van der Waals surface area contributed by atoms with Gasteiger partial charge in [-0.15, -0.1) is 0 Å². The van der Waals surface area contributed by atoms with E-state index in [-0.39, 0.29) is 68.7 Å². The average Bonchev–Trinajstić information content (AvgIpc) is 2.39. The third-order valence-electron chi connectivity index (χ3n) is 18.9. The van der Waals surface area contributed by atoms with Crippen LogP contribution in [0.4, 0.5) is 10.5 Å². The summed E-state index contributed by atoms with van der Waals surface area (Å²) in [5, 5.41) is 33.7. The van der Waals surface area contributed by atoms with Crippen molar-refractivity contribution >= 4 is 58.0 Å². The van der Waals surface area contributed by atoms with Crippen molar-refractivity contribution in [2.24, 2.45) is 11.8 Å². The van der Waals surface area contributed by atoms with E-state index in [1.54, 1.807) is 39.1 Å². The number of fused-ring (bicyclic) bond motifs is 8. The van der Waals surface area contributed by atoms with E-state index in [4.69, 9.17) is 49.9 Å². The van der Waals surface area contributed by atoms with Crippen molar-refractivity contribution in [3.05, 3.63) is 82.0 Å². The molecule has 486 valence electrons. The van der Waals surface area contributed by atoms with Crippen molar-refractivity contribution in [2.75, 3.05) is 93.4 Å². The van der Waals surface area contributed by atoms with Gasteiger partial charge in [0.1, 0.15) is 40.7 Å². The molecule has 5 aliphatic heterocycles. The number of epoxide rings is 1. The molecule has 0 saturated carbocycles. The van der Waals surface area contributed by atoms with E-state index in [9.17, 15) is 29.1 Å². The molecule has 1 aromatic heterocycles. The second-order valence-corrected chi connectivity index (χ2v) is 25.2. The first-order valence-corrected chi connectivity index (χ1v) is 31.6. The highest BCUT2D eigenvalue weighted by atomic mass is 35.5. The van der Waals surface area contributed by atoms with E-state index in [0.29, 0.717) is 69.2 Å². The molecule has 3 amide bonds. The zero-order chi connectivity index (χ0) is 63.8. The number of halogens is 1. The number of methoxy groups -OCH3 is 2. The van der Waals surface area contributed by atoms with E-state index in [2.05, 4.69) is 77.1 Å². The number of nitrogens with one attached hydrogen (secondary N) is 1. The van der Waals surface area contributed by atoms with Gasteiger partial charge in [-0.2, -0.15) is 0 Å². The maximum absolute atomic E-state index is 15.0. The fraction of sp³-hybridized carbons (Fsp3) is 0.646. The van der Waals surface area contributed by atoms with Crippen LogP contribution < -0.4 is 15.0 Å². The molecule has 4 bridgehead atoms. The summed E-state index contributed by atoms with van der Waals surface area (Å²) in [5.74, 6) is -1.73. The second kappa shape index (κ2) is 30.0. The van der Waals surface area contributed by atoms with Crippen molar-refractivity contribution in [3.63, 3.8) is 0 Å². The Morgan fingerprint density at radius 2 is 1.72 bits per heavy atom. The molecular weight excluding hydrogens is 1150 g/mol. The van der Waals surface area contributed by atoms with Crippen LogP contribution in [0.2, 0.25) is 5.02 Å². The Labute approximate surface area is 523 Å². The fourth-order valence-electron chi connectivity index (χ4n) is 13.4. The molecule has 3 N–H and O–H groups in total. The van der Waals surface area contributed by atoms with Crippen LogP contribution in [0.5, 0.6) is 5.75 Å². The lowest BCUT2D eigenvalue weighted by Crippen LogP contribution is -2.63. The Kier molecular flexibility index (Phi) is 23.3. The topological polar surface area (TPSA) is 230 Å². The normalized spacial score (nSPS) is 27.5. The van der Waals surface area contributed by atoms with Crippen LogP contribution in [0.1, 0.15) is 122 Å². The molecule has 2 aromatic carbocycles. The van der Waals surface area contributed by atoms with Gasteiger partial charge in [-0.3, -0.25) is 24.5 Å². The SMILES string of the molecule is CCCCC(C)C1c2c(n(CCC(=O)N3CCC(N(CCOCCOCCC(=O)O)N(C)[C@H](C)C(=O)O[C@H]4CC(=O)N(C)c5cc(cc(OC)c5Cl)C/C(C)=C/C=C/[C@@H](OC)[C@@]5(O)C[C@H](OC(=O)N5)[C@@H](C)C5O[C@]54C)CC3)c3ccccc23)CN(C)N1C. The van der Waals surface area contributed by atoms with Crippen molar-refractivity contribution < 1.29 is 67.3 Å². The number of likely N-dealkylation sites (N-methyl/N-ethyl adjacent to an activating group) is 1. The molecule has 6 heterocycles. The van der Waals surface area contributed by atoms with Crippen LogP contribution in [0.25, 0.3) is 10.9 Å². The maximum atomic E-state index is 15.0. The molecule has 88 heavy (non-hydrogen) atoms. The number of para-hydroxylation sites is 1. The zero-order valence-electron chi connectivity index (χ0n) is 53.6. The third kappa shape index (κ3) is 15.6. The molecule has 5 aliphatic rings. The summed E-state index contributed by atoms with van der Waals surface area (Å²) in [6, 6.07) is 11.4. The smallest absolute Gasteiger partial charge is 0.409 e. The lowest BCUT2D eigenvalue weighted by molar-refractivity contribution is -0.170. The molecule has 0 spiro atoms. The molecule has 10 atom stereocenters. The standard InChI is InChI=1S/C65H95ClN8O14/c1-13-14-19-42(3)60-58-47-20-15-16-21-48(47)73(50(58)40-68(7)71(60)10)29-25-55(75)72-27-23-46(24-28-72)74(30-32-85-34-33-84-31-26-57(77)78)70(9)44(5)62(79)87-54-38-56(76)69(8)49-36-45(37-51(82-11)59(49)66)35-41(2)18-17-22-53(83-12)65(81)39-52(86-63(80)67-65)43(4)61-64(54,6)88-61/h15-18,20-22,36-37,42-44,46,52-54,60-61,81H,13-14,19,23-35,38-40H2,1-12H3,(H,67,80)(H,77,78)/b22-17+,41-18+/t42?,43-,44-,52+,53-,54+,60?,61?,64+,65+/m1/s1. The first-order valence-electron chi connectivity index (χ1n) is 31.2. The number of aryl methyl sites for hydroxylation is 1. The number of carboxylic acids is 1. The first-order chi connectivity index (χ1) is 41.9. The van der Waals surface area contributed by atoms with Gasteiger partial charge in [0.2, 0.25) is 11.8 Å². The summed E-state index contributed by atoms with van der Waals surface area (Å²) in [4.78, 5) is 71.8. The van der Waals surface area contributed by atoms with E-state index >= 15 is 0 Å². The molecule has 3 saturated heterocycles. The van der Waals surface area contributed by atoms with Crippen molar-refractivity contribution in [1.82, 2.24) is 34.8 Å². The monoisotopic (exact) mass is 1250 g/mol. The number of aromatic nitrogens is 1. The number of carboxylic acid groups (broad SMARTS) is 1. The highest BCUT2D eigenvalue weighted by Gasteiger charge is 2.64. The Balaban J connectivity index is 1.01. The predicted octanol–water partition coefficient (Wildman–Crippen LogP) is 7.91. The number of allylic oxidation sites excluding steroid dienone is 3. The number of aliphatic hydroxyl groups is 1. The number of piperidine rings is 1. The van der Waals surface area contributed by atoms with Crippen molar-refractivity contribution in [3.8, 4) is 5.75 Å². The number of anilines is 1. The van der Waals surface area contributed by atoms with E-state index in [1.165, 1.54) is 42.2 Å². The van der Waals surface area contributed by atoms with Gasteiger partial charge in [0.15, 0.2) is 5.72 Å². The van der Waals surface area contributed by atoms with E-state index in [1.807, 2.05) is 42.9 Å². The van der Waals surface area contributed by atoms with Gasteiger partial charge in [0.05, 0.1) is 70.8 Å². The highest BCUT2D eigenvalue weighted by molar-refractivity contribution is 6.35. The van der Waals surface area contributed by atoms with Gasteiger partial charge < -0.3 is 57.7 Å². The Morgan fingerprint density at radius 1 is 1.00 bits per heavy atom. The molecule has 3 aromatic rings. The lowest BCUT2D eigenvalue weighted by Gasteiger charge is -2.44. The summed E-state index contributed by atoms with van der Waals surface area (Å²) in [6.45, 7) is 15.2. The Bertz CT molecular complexity index is 3010. The van der Waals surface area contributed by atoms with Gasteiger partial charge in [-0.25, -0.2) is 24.8 Å². The molecular formula is C65H95ClN8O14. The predicted molar refractivity (Wildman–Crippen MR) is 333 cm³/mol. The maximum Gasteiger partial charge on any atom is 0.409 e. The number of esters is 1. The van der Waals surface area contributed by atoms with Crippen molar-refractivity contribution in [1.29, 1.82) is 0 Å². The number of aliphatic carboxylic acids is 1. The number of benzene rings is 2. The number of hydrazine groups is 2. The molecule has 0 radical (unpaired) electrons. The number of nitrogens with zero attached hydrogens (tertiary/aromatic N) is 7. The van der Waals surface area contributed by atoms with Crippen LogP contribution in [-0.2, 0) is 67.1 Å². The zero-order valence-corrected chi connectivity index (χ0v) is 54.4. The quantitative estimate of drug-likeness (QED) is 0.0354. The number of unbranched alkanes of at least 4 members (excludes halogenated alkanes) is 1. The largest absolute Gasteiger partial charge is 0.495 e. The first kappa shape index (κ1) is 68.3. The van der Waals surface area contributed by atoms with Gasteiger partial charge in [-0.05, 0) is 76.1 Å². The number of likely N-dealkylation sites (tertiary alicyclic amines) is 1. The van der Waals surface area contributed by atoms with Gasteiger partial charge >= 0.3 is 18.0 Å². The average molecular weight is 1250 g/mol. The molecule has 3 fully saturated rings. The van der Waals surface area contributed by atoms with Gasteiger partial charge in [0.25, 0.3) is 0 Å². The number of hydrogen-bond donors (Lipinski definition) is 3. The third-order valence-corrected chi connectivity index (χ3v) is 19.3. The minimum atomic E-state index is -1.87. The lowest BCUT2D eigenvalue weighted by atomic mass is 9.83. The number of amides is 3. The molecule has 0 aliphatic carbocycles. The summed E-state index contributed by atoms with van der Waals surface area (Å²) in [7, 11) is 10.7. The van der Waals surface area contributed by atoms with Gasteiger partial charge in [-0.1, -0.05) is 87.2 Å². The molecule has 3 unspecified atom stereocenters. The number of hydrogen-bond acceptors (Lipinski definition) is 17. The van der Waals surface area contributed by atoms with E-state index < -0.39 is 71.6 Å². The van der Waals surface area contributed by atoms with Gasteiger partial charge in [0, 0.05) is 108 Å². The van der Waals surface area contributed by atoms with Crippen LogP contribution in [0.15, 0.2) is 60.2 Å². The number of alkyl carbamates (subject to hydrolysis) is 1. The van der Waals surface area contributed by atoms with Crippen LogP contribution in [0, 0.1) is 11.8 Å². The van der Waals surface area contributed by atoms with E-state index in [0.717, 1.165) is 36.0 Å². The minimum Gasteiger partial charge on any atom is -0.495 e. The summed E-state index contributed by atoms with van der Waals surface area (Å²) < 4.78 is 44.2. The summed E-state index contributed by atoms with van der Waals surface area (Å²) in [6.07, 6.45) is 5.57. The van der Waals surface area contributed by atoms with Crippen LogP contribution in [-0.4, -0.2) is 206 Å². The number of ether oxygens (including phenoxy) is 7. The highest BCUT2D eigenvalue weighted by Crippen LogP contribution is 2.50. The number of carbonyl (C=O) groups is 5. The Hall–Kier alpha value is -5.66. The van der Waals surface area contributed by atoms with Crippen LogP contribution >= 0.6 is 11.6 Å². The molecule has 22 nitrogen and oxygen atoms in total.